The van der Waals surface area contributed by atoms with Crippen molar-refractivity contribution in [2.75, 3.05) is 11.5 Å². The van der Waals surface area contributed by atoms with Crippen molar-refractivity contribution < 1.29 is 0 Å². The summed E-state index contributed by atoms with van der Waals surface area (Å²) < 4.78 is 1.53. The monoisotopic (exact) mass is 315 g/mol. The second-order valence-electron chi connectivity index (χ2n) is 5.56. The molecule has 1 aliphatic rings. The third-order valence-corrected chi connectivity index (χ3v) is 6.01. The van der Waals surface area contributed by atoms with Gasteiger partial charge in [-0.25, -0.2) is 0 Å². The number of hydrogen-bond acceptors (Lipinski definition) is 5. The van der Waals surface area contributed by atoms with Crippen LogP contribution in [0.2, 0.25) is 0 Å². The van der Waals surface area contributed by atoms with Gasteiger partial charge in [0.2, 0.25) is 0 Å². The molecule has 112 valence electrons. The second kappa shape index (κ2) is 6.85. The molecule has 0 radical (unpaired) electrons. The smallest absolute Gasteiger partial charge is 0.265 e. The van der Waals surface area contributed by atoms with Crippen LogP contribution < -0.4 is 11.1 Å². The summed E-state index contributed by atoms with van der Waals surface area (Å²) in [6.45, 7) is 0. The van der Waals surface area contributed by atoms with Gasteiger partial charge >= 0.3 is 11.1 Å². The molecule has 1 aromatic heterocycles. The maximum absolute atomic E-state index is 11.4. The Labute approximate surface area is 128 Å². The molecule has 0 aromatic carbocycles. The first-order valence-corrected chi connectivity index (χ1v) is 8.59. The molecule has 1 saturated carbocycles. The molecular weight excluding hydrogens is 294 g/mol. The van der Waals surface area contributed by atoms with E-state index in [4.69, 9.17) is 0 Å². The Balaban J connectivity index is 2.12. The average Bonchev–Trinajstić information content (AvgIpc) is 2.67. The van der Waals surface area contributed by atoms with Gasteiger partial charge in [-0.05, 0) is 24.0 Å². The first-order valence-electron chi connectivity index (χ1n) is 6.97. The van der Waals surface area contributed by atoms with Crippen molar-refractivity contribution >= 4 is 24.4 Å². The van der Waals surface area contributed by atoms with Crippen LogP contribution in [0.15, 0.2) is 14.7 Å². The molecule has 1 fully saturated rings. The van der Waals surface area contributed by atoms with E-state index in [9.17, 15) is 9.59 Å². The van der Waals surface area contributed by atoms with Gasteiger partial charge in [-0.15, -0.1) is 0 Å². The van der Waals surface area contributed by atoms with E-state index >= 15 is 0 Å². The summed E-state index contributed by atoms with van der Waals surface area (Å²) in [6, 6.07) is 0. The largest absolute Gasteiger partial charge is 0.339 e. The van der Waals surface area contributed by atoms with E-state index in [0.717, 1.165) is 11.5 Å². The van der Waals surface area contributed by atoms with Crippen molar-refractivity contribution in [1.29, 1.82) is 0 Å². The summed E-state index contributed by atoms with van der Waals surface area (Å²) in [5, 5.41) is 3.05. The van der Waals surface area contributed by atoms with Crippen molar-refractivity contribution in [3.63, 3.8) is 0 Å². The summed E-state index contributed by atoms with van der Waals surface area (Å²) in [5.41, 5.74) is -1.17. The fraction of sp³-hybridized carbons (Fsp3) is 0.769. The molecule has 2 rings (SSSR count). The van der Waals surface area contributed by atoms with E-state index in [1.54, 1.807) is 18.8 Å². The highest BCUT2D eigenvalue weighted by Gasteiger charge is 2.30. The number of nitrogens with zero attached hydrogens (tertiary/aromatic N) is 2. The summed E-state index contributed by atoms with van der Waals surface area (Å²) in [5.74, 6) is 1.75. The van der Waals surface area contributed by atoms with Gasteiger partial charge in [0.25, 0.3) is 0 Å². The van der Waals surface area contributed by atoms with Crippen LogP contribution in [0.3, 0.4) is 0 Å². The van der Waals surface area contributed by atoms with E-state index in [0.29, 0.717) is 5.16 Å². The van der Waals surface area contributed by atoms with E-state index in [1.165, 1.54) is 43.2 Å². The van der Waals surface area contributed by atoms with Gasteiger partial charge in [0, 0.05) is 12.8 Å². The van der Waals surface area contributed by atoms with E-state index in [2.05, 4.69) is 22.7 Å². The first kappa shape index (κ1) is 15.7. The molecular formula is C13H21N3O2S2. The van der Waals surface area contributed by atoms with E-state index < -0.39 is 11.1 Å². The number of H-pyrrole nitrogens is 1. The number of nitrogens with one attached hydrogen (secondary N) is 1. The second-order valence-corrected chi connectivity index (χ2v) is 6.82. The van der Waals surface area contributed by atoms with E-state index in [1.807, 2.05) is 0 Å². The summed E-state index contributed by atoms with van der Waals surface area (Å²) in [7, 11) is 1.70. The van der Waals surface area contributed by atoms with Gasteiger partial charge in [0.1, 0.15) is 0 Å². The Kier molecular flexibility index (Phi) is 5.37. The van der Waals surface area contributed by atoms with Crippen LogP contribution in [0.25, 0.3) is 0 Å². The number of aromatic amines is 1. The maximum atomic E-state index is 11.4. The maximum Gasteiger partial charge on any atom is 0.339 e. The third kappa shape index (κ3) is 3.69. The van der Waals surface area contributed by atoms with Crippen molar-refractivity contribution in [3.05, 3.63) is 20.7 Å². The van der Waals surface area contributed by atoms with E-state index in [-0.39, 0.29) is 5.41 Å². The lowest BCUT2D eigenvalue weighted by atomic mass is 9.84. The zero-order valence-corrected chi connectivity index (χ0v) is 13.4. The van der Waals surface area contributed by atoms with Crippen molar-refractivity contribution in [2.24, 2.45) is 12.5 Å². The molecule has 0 bridgehead atoms. The zero-order chi connectivity index (χ0) is 14.6. The van der Waals surface area contributed by atoms with Crippen LogP contribution in [0.1, 0.15) is 38.5 Å². The third-order valence-electron chi connectivity index (χ3n) is 3.95. The van der Waals surface area contributed by atoms with Crippen molar-refractivity contribution in [3.8, 4) is 0 Å². The van der Waals surface area contributed by atoms with Crippen LogP contribution in [-0.2, 0) is 7.05 Å². The highest BCUT2D eigenvalue weighted by molar-refractivity contribution is 7.99. The lowest BCUT2D eigenvalue weighted by Gasteiger charge is -2.30. The quantitative estimate of drug-likeness (QED) is 0.385. The molecule has 0 aliphatic heterocycles. The molecule has 0 spiro atoms. The average molecular weight is 315 g/mol. The van der Waals surface area contributed by atoms with Gasteiger partial charge < -0.3 is 0 Å². The molecule has 0 amide bonds. The van der Waals surface area contributed by atoms with Crippen LogP contribution in [-0.4, -0.2) is 26.3 Å². The summed E-state index contributed by atoms with van der Waals surface area (Å²) in [6.07, 6.45) is 7.46. The Bertz CT molecular complexity index is 559. The van der Waals surface area contributed by atoms with Crippen LogP contribution in [0.4, 0.5) is 0 Å². The number of thioether (sulfide) groups is 1. The Morgan fingerprint density at radius 2 is 1.95 bits per heavy atom. The minimum absolute atomic E-state index is 0.220. The molecule has 0 atom stereocenters. The number of aryl methyl sites for hydroxylation is 1. The highest BCUT2D eigenvalue weighted by atomic mass is 32.2. The van der Waals surface area contributed by atoms with Gasteiger partial charge in [0.05, 0.1) is 0 Å². The van der Waals surface area contributed by atoms with Gasteiger partial charge in [-0.1, -0.05) is 37.4 Å². The topological polar surface area (TPSA) is 67.8 Å². The number of thiol groups is 1. The van der Waals surface area contributed by atoms with Gasteiger partial charge in [-0.2, -0.15) is 17.6 Å². The Morgan fingerprint density at radius 1 is 1.30 bits per heavy atom. The van der Waals surface area contributed by atoms with Gasteiger partial charge in [-0.3, -0.25) is 19.4 Å². The number of hydrogen-bond donors (Lipinski definition) is 2. The standard InChI is InChI=1S/C13H21N3O2S2/c1-16-12(14-10(17)11(18)15-16)20-9-13(8-19)6-4-2-3-5-7-13/h19H,2-9H2,1H3,(H,15,18). The molecule has 7 heteroatoms. The Morgan fingerprint density at radius 3 is 2.55 bits per heavy atom. The first-order chi connectivity index (χ1) is 9.56. The number of rotatable bonds is 4. The molecule has 20 heavy (non-hydrogen) atoms. The van der Waals surface area contributed by atoms with Crippen LogP contribution in [0.5, 0.6) is 0 Å². The van der Waals surface area contributed by atoms with Crippen LogP contribution in [0, 0.1) is 5.41 Å². The summed E-state index contributed by atoms with van der Waals surface area (Å²) in [4.78, 5) is 26.4. The van der Waals surface area contributed by atoms with Gasteiger partial charge in [0.15, 0.2) is 5.16 Å². The fourth-order valence-corrected chi connectivity index (χ4v) is 4.43. The highest BCUT2D eigenvalue weighted by Crippen LogP contribution is 2.39. The SMILES string of the molecule is Cn1[nH]c(=O)c(=O)nc1SCC1(CS)CCCCCC1. The Hall–Kier alpha value is -0.690. The lowest BCUT2D eigenvalue weighted by Crippen LogP contribution is -2.34. The number of aromatic nitrogens is 3. The fourth-order valence-electron chi connectivity index (χ4n) is 2.63. The molecule has 1 heterocycles. The molecule has 1 N–H and O–H groups in total. The van der Waals surface area contributed by atoms with Crippen molar-refractivity contribution in [1.82, 2.24) is 14.8 Å². The predicted molar refractivity (Wildman–Crippen MR) is 84.8 cm³/mol. The lowest BCUT2D eigenvalue weighted by molar-refractivity contribution is 0.332. The van der Waals surface area contributed by atoms with Crippen molar-refractivity contribution in [2.45, 2.75) is 43.7 Å². The molecule has 5 nitrogen and oxygen atoms in total. The molecule has 1 aliphatic carbocycles. The predicted octanol–water partition coefficient (Wildman–Crippen LogP) is 1.83. The molecule has 1 aromatic rings. The zero-order valence-electron chi connectivity index (χ0n) is 11.7. The molecule has 0 saturated heterocycles. The normalized spacial score (nSPS) is 18.7. The van der Waals surface area contributed by atoms with Crippen LogP contribution >= 0.6 is 24.4 Å². The summed E-state index contributed by atoms with van der Waals surface area (Å²) >= 11 is 6.09. The minimum Gasteiger partial charge on any atom is -0.265 e. The minimum atomic E-state index is -0.716. The molecule has 0 unspecified atom stereocenters.